The predicted molar refractivity (Wildman–Crippen MR) is 125 cm³/mol. The van der Waals surface area contributed by atoms with Crippen molar-refractivity contribution in [3.63, 3.8) is 0 Å². The van der Waals surface area contributed by atoms with E-state index in [9.17, 15) is 18.0 Å². The number of fused-ring (bicyclic) bond motifs is 1. The van der Waals surface area contributed by atoms with Gasteiger partial charge in [-0.25, -0.2) is 18.2 Å². The van der Waals surface area contributed by atoms with E-state index in [0.717, 1.165) is 38.9 Å². The number of nitrogens with one attached hydrogen (secondary N) is 1. The van der Waals surface area contributed by atoms with Crippen molar-refractivity contribution < 1.29 is 22.6 Å². The van der Waals surface area contributed by atoms with E-state index < -0.39 is 17.8 Å². The molecule has 2 saturated heterocycles. The monoisotopic (exact) mass is 487 g/mol. The molecule has 0 bridgehead atoms. The minimum Gasteiger partial charge on any atom is -0.493 e. The number of hydrogen-bond donors (Lipinski definition) is 1. The van der Waals surface area contributed by atoms with Crippen LogP contribution in [0.2, 0.25) is 0 Å². The zero-order valence-corrected chi connectivity index (χ0v) is 18.6. The van der Waals surface area contributed by atoms with E-state index >= 15 is 0 Å². The average Bonchev–Trinajstić information content (AvgIpc) is 2.76. The molecule has 1 N–H and O–H groups in total. The molecule has 1 aromatic heterocycles. The summed E-state index contributed by atoms with van der Waals surface area (Å²) in [5.74, 6) is 0.746. The fourth-order valence-electron chi connectivity index (χ4n) is 4.30. The van der Waals surface area contributed by atoms with Crippen molar-refractivity contribution in [2.45, 2.75) is 50.5 Å². The Morgan fingerprint density at radius 2 is 2.06 bits per heavy atom. The van der Waals surface area contributed by atoms with Crippen LogP contribution in [0, 0.1) is 11.7 Å². The summed E-state index contributed by atoms with van der Waals surface area (Å²) in [5.41, 5.74) is -0.245. The Hall–Kier alpha value is -1.78. The van der Waals surface area contributed by atoms with Crippen molar-refractivity contribution in [3.8, 4) is 5.75 Å². The lowest BCUT2D eigenvalue weighted by Gasteiger charge is -2.32. The minimum absolute atomic E-state index is 0. The van der Waals surface area contributed by atoms with E-state index in [1.165, 1.54) is 6.07 Å². The number of nitrogens with zero attached hydrogens (tertiary/aromatic N) is 2. The molecule has 10 heteroatoms. The molecule has 4 rings (SSSR count). The van der Waals surface area contributed by atoms with E-state index in [2.05, 4.69) is 9.97 Å². The molecule has 1 atom stereocenters. The average molecular weight is 488 g/mol. The minimum atomic E-state index is -2.35. The second-order valence-corrected chi connectivity index (χ2v) is 9.69. The van der Waals surface area contributed by atoms with Crippen molar-refractivity contribution in [3.05, 3.63) is 34.1 Å². The Balaban J connectivity index is 0.00000306. The Morgan fingerprint density at radius 1 is 1.27 bits per heavy atom. The van der Waals surface area contributed by atoms with Crippen LogP contribution in [0.25, 0.3) is 10.9 Å². The first-order chi connectivity index (χ1) is 15.5. The zero-order valence-electron chi connectivity index (χ0n) is 17.8. The van der Waals surface area contributed by atoms with E-state index in [-0.39, 0.29) is 30.8 Å². The number of piperidine rings is 1. The topological polar surface area (TPSA) is 67.5 Å². The number of ether oxygens (including phenoxy) is 2. The van der Waals surface area contributed by atoms with Crippen LogP contribution in [0.4, 0.5) is 13.2 Å². The van der Waals surface area contributed by atoms with Crippen LogP contribution in [0.15, 0.2) is 16.9 Å². The SMILES string of the molecule is C.O=c1[nH]c(CSC2CCOCC2)nc2cc(OCC3CCCN(CC(F)F)C3)cc(F)c12. The van der Waals surface area contributed by atoms with Gasteiger partial charge in [0.2, 0.25) is 0 Å². The molecule has 0 radical (unpaired) electrons. The van der Waals surface area contributed by atoms with E-state index in [1.807, 2.05) is 0 Å². The number of likely N-dealkylation sites (tertiary alicyclic amines) is 1. The molecule has 2 fully saturated rings. The van der Waals surface area contributed by atoms with Crippen molar-refractivity contribution in [1.29, 1.82) is 0 Å². The molecule has 2 aromatic rings. The number of benzene rings is 1. The van der Waals surface area contributed by atoms with Gasteiger partial charge >= 0.3 is 0 Å². The molecule has 0 amide bonds. The standard InChI is InChI=1S/C22H28F3N3O3S.CH4/c23-17-8-15(31-12-14-2-1-5-28(10-14)11-19(24)25)9-18-21(17)22(29)27-20(26-18)13-32-16-3-6-30-7-4-16;/h8-9,14,16,19H,1-7,10-13H2,(H,26,27,29);1H4. The molecule has 2 aliphatic rings. The molecule has 0 aliphatic carbocycles. The first kappa shape index (κ1) is 25.8. The smallest absolute Gasteiger partial charge is 0.261 e. The van der Waals surface area contributed by atoms with Crippen LogP contribution in [0.3, 0.4) is 0 Å². The number of hydrogen-bond acceptors (Lipinski definition) is 6. The number of H-pyrrole nitrogens is 1. The Labute approximate surface area is 196 Å². The van der Waals surface area contributed by atoms with Crippen LogP contribution >= 0.6 is 11.8 Å². The zero-order chi connectivity index (χ0) is 22.5. The fraction of sp³-hybridized carbons (Fsp3) is 0.652. The molecule has 184 valence electrons. The maximum atomic E-state index is 14.6. The van der Waals surface area contributed by atoms with Gasteiger partial charge in [0, 0.05) is 43.1 Å². The largest absolute Gasteiger partial charge is 0.493 e. The number of alkyl halides is 2. The highest BCUT2D eigenvalue weighted by atomic mass is 32.2. The van der Waals surface area contributed by atoms with E-state index in [0.29, 0.717) is 42.3 Å². The van der Waals surface area contributed by atoms with Gasteiger partial charge in [-0.05, 0) is 32.2 Å². The van der Waals surface area contributed by atoms with E-state index in [1.54, 1.807) is 22.7 Å². The normalized spacial score (nSPS) is 20.2. The molecular formula is C23H32F3N3O3S. The van der Waals surface area contributed by atoms with Crippen molar-refractivity contribution in [1.82, 2.24) is 14.9 Å². The summed E-state index contributed by atoms with van der Waals surface area (Å²) < 4.78 is 51.1. The Morgan fingerprint density at radius 3 is 2.82 bits per heavy atom. The molecule has 0 spiro atoms. The molecule has 2 aliphatic heterocycles. The second kappa shape index (κ2) is 12.1. The molecule has 6 nitrogen and oxygen atoms in total. The van der Waals surface area contributed by atoms with Gasteiger partial charge in [0.25, 0.3) is 12.0 Å². The van der Waals surface area contributed by atoms with Crippen LogP contribution < -0.4 is 10.3 Å². The van der Waals surface area contributed by atoms with Gasteiger partial charge in [-0.1, -0.05) is 7.43 Å². The third kappa shape index (κ3) is 7.10. The van der Waals surface area contributed by atoms with Gasteiger partial charge in [-0.2, -0.15) is 11.8 Å². The third-order valence-electron chi connectivity index (χ3n) is 5.89. The maximum absolute atomic E-state index is 14.6. The summed E-state index contributed by atoms with van der Waals surface area (Å²) in [6.45, 7) is 2.75. The first-order valence-corrected chi connectivity index (χ1v) is 12.1. The number of thioether (sulfide) groups is 1. The van der Waals surface area contributed by atoms with Gasteiger partial charge in [0.15, 0.2) is 0 Å². The molecule has 1 unspecified atom stereocenters. The van der Waals surface area contributed by atoms with Crippen LogP contribution in [-0.4, -0.2) is 66.0 Å². The van der Waals surface area contributed by atoms with Gasteiger partial charge in [-0.15, -0.1) is 0 Å². The molecule has 3 heterocycles. The molecule has 1 aromatic carbocycles. The molecule has 33 heavy (non-hydrogen) atoms. The summed E-state index contributed by atoms with van der Waals surface area (Å²) in [6, 6.07) is 2.77. The lowest BCUT2D eigenvalue weighted by molar-refractivity contribution is 0.0552. The van der Waals surface area contributed by atoms with Crippen LogP contribution in [0.5, 0.6) is 5.75 Å². The number of aromatic nitrogens is 2. The summed E-state index contributed by atoms with van der Waals surface area (Å²) in [6.07, 6.45) is 1.28. The Kier molecular flexibility index (Phi) is 9.46. The Bertz CT molecular complexity index is 969. The van der Waals surface area contributed by atoms with Gasteiger partial charge in [0.05, 0.1) is 24.4 Å². The van der Waals surface area contributed by atoms with Gasteiger partial charge in [0.1, 0.15) is 22.8 Å². The molecular weight excluding hydrogens is 455 g/mol. The highest BCUT2D eigenvalue weighted by molar-refractivity contribution is 7.99. The van der Waals surface area contributed by atoms with Crippen molar-refractivity contribution >= 4 is 22.7 Å². The van der Waals surface area contributed by atoms with Crippen molar-refractivity contribution in [2.75, 3.05) is 39.5 Å². The summed E-state index contributed by atoms with van der Waals surface area (Å²) in [5, 5.41) is 0.370. The number of halogens is 3. The second-order valence-electron chi connectivity index (χ2n) is 8.40. The summed E-state index contributed by atoms with van der Waals surface area (Å²) in [7, 11) is 0. The predicted octanol–water partition coefficient (Wildman–Crippen LogP) is 4.47. The number of rotatable bonds is 8. The highest BCUT2D eigenvalue weighted by Crippen LogP contribution is 2.26. The lowest BCUT2D eigenvalue weighted by Crippen LogP contribution is -2.40. The van der Waals surface area contributed by atoms with Crippen LogP contribution in [-0.2, 0) is 10.5 Å². The third-order valence-corrected chi connectivity index (χ3v) is 7.28. The van der Waals surface area contributed by atoms with Gasteiger partial charge in [-0.3, -0.25) is 9.69 Å². The number of aromatic amines is 1. The van der Waals surface area contributed by atoms with Crippen LogP contribution in [0.1, 0.15) is 38.9 Å². The summed E-state index contributed by atoms with van der Waals surface area (Å²) >= 11 is 1.71. The molecule has 0 saturated carbocycles. The quantitative estimate of drug-likeness (QED) is 0.593. The fourth-order valence-corrected chi connectivity index (χ4v) is 5.36. The lowest BCUT2D eigenvalue weighted by atomic mass is 9.99. The highest BCUT2D eigenvalue weighted by Gasteiger charge is 2.23. The van der Waals surface area contributed by atoms with Crippen molar-refractivity contribution in [2.24, 2.45) is 5.92 Å². The van der Waals surface area contributed by atoms with E-state index in [4.69, 9.17) is 9.47 Å². The van der Waals surface area contributed by atoms with Gasteiger partial charge < -0.3 is 14.5 Å². The summed E-state index contributed by atoms with van der Waals surface area (Å²) in [4.78, 5) is 21.3. The first-order valence-electron chi connectivity index (χ1n) is 11.0. The maximum Gasteiger partial charge on any atom is 0.261 e.